The number of carbonyl (C=O) groups is 1. The SMILES string of the molecule is COc1ccc([C@H]2CCC[C@H]3[C@@H]4C[C@@H](CN(C(=O)C(C)(C)OC)C4)CN23)cc1. The van der Waals surface area contributed by atoms with Crippen molar-refractivity contribution in [1.29, 1.82) is 0 Å². The van der Waals surface area contributed by atoms with Gasteiger partial charge in [-0.25, -0.2) is 0 Å². The molecular formula is C23H34N2O3. The quantitative estimate of drug-likeness (QED) is 0.794. The molecule has 0 spiro atoms. The minimum Gasteiger partial charge on any atom is -0.497 e. The largest absolute Gasteiger partial charge is 0.497 e. The van der Waals surface area contributed by atoms with E-state index in [1.165, 1.54) is 31.2 Å². The van der Waals surface area contributed by atoms with Gasteiger partial charge in [-0.3, -0.25) is 9.69 Å². The van der Waals surface area contributed by atoms with Crippen LogP contribution in [0.25, 0.3) is 0 Å². The number of benzene rings is 1. The van der Waals surface area contributed by atoms with E-state index in [0.29, 0.717) is 23.9 Å². The predicted octanol–water partition coefficient (Wildman–Crippen LogP) is 3.49. The molecule has 0 radical (unpaired) electrons. The highest BCUT2D eigenvalue weighted by Gasteiger charge is 2.47. The molecule has 0 aromatic heterocycles. The highest BCUT2D eigenvalue weighted by Crippen LogP contribution is 2.44. The first-order valence-electron chi connectivity index (χ1n) is 10.7. The summed E-state index contributed by atoms with van der Waals surface area (Å²) in [5.41, 5.74) is 0.669. The minimum atomic E-state index is -0.733. The first-order chi connectivity index (χ1) is 13.4. The van der Waals surface area contributed by atoms with Gasteiger partial charge in [0.05, 0.1) is 7.11 Å². The summed E-state index contributed by atoms with van der Waals surface area (Å²) in [7, 11) is 3.35. The molecule has 3 aliphatic heterocycles. The number of methoxy groups -OCH3 is 2. The van der Waals surface area contributed by atoms with Crippen LogP contribution in [0.3, 0.4) is 0 Å². The molecule has 5 heteroatoms. The molecule has 1 amide bonds. The number of hydrogen-bond donors (Lipinski definition) is 0. The summed E-state index contributed by atoms with van der Waals surface area (Å²) in [5, 5.41) is 0. The third-order valence-electron chi connectivity index (χ3n) is 7.20. The lowest BCUT2D eigenvalue weighted by Crippen LogP contribution is -2.62. The zero-order valence-electron chi connectivity index (χ0n) is 17.7. The number of piperidine rings is 3. The van der Waals surface area contributed by atoms with Gasteiger partial charge in [0.2, 0.25) is 0 Å². The van der Waals surface area contributed by atoms with Gasteiger partial charge in [0.1, 0.15) is 11.4 Å². The highest BCUT2D eigenvalue weighted by molar-refractivity contribution is 5.84. The maximum atomic E-state index is 13.0. The second-order valence-corrected chi connectivity index (χ2v) is 9.27. The molecule has 28 heavy (non-hydrogen) atoms. The Hall–Kier alpha value is -1.59. The van der Waals surface area contributed by atoms with Crippen LogP contribution in [-0.4, -0.2) is 61.2 Å². The Kier molecular flexibility index (Phi) is 5.41. The van der Waals surface area contributed by atoms with Crippen molar-refractivity contribution in [2.75, 3.05) is 33.9 Å². The van der Waals surface area contributed by atoms with E-state index in [2.05, 4.69) is 34.1 Å². The molecule has 154 valence electrons. The number of nitrogens with zero attached hydrogens (tertiary/aromatic N) is 2. The Morgan fingerprint density at radius 2 is 1.82 bits per heavy atom. The zero-order chi connectivity index (χ0) is 19.9. The Balaban J connectivity index is 1.52. The normalized spacial score (nSPS) is 30.6. The zero-order valence-corrected chi connectivity index (χ0v) is 17.7. The fourth-order valence-corrected chi connectivity index (χ4v) is 5.63. The molecule has 4 atom stereocenters. The summed E-state index contributed by atoms with van der Waals surface area (Å²) in [6.45, 7) is 6.59. The van der Waals surface area contributed by atoms with E-state index in [-0.39, 0.29) is 5.91 Å². The Morgan fingerprint density at radius 3 is 2.50 bits per heavy atom. The van der Waals surface area contributed by atoms with E-state index in [1.54, 1.807) is 14.2 Å². The van der Waals surface area contributed by atoms with Gasteiger partial charge >= 0.3 is 0 Å². The average Bonchev–Trinajstić information content (AvgIpc) is 2.72. The molecule has 3 heterocycles. The standard InChI is InChI=1S/C23H34N2O3/c1-23(2,28-4)22(26)24-13-16-12-18(15-24)21-7-5-6-20(25(21)14-16)17-8-10-19(27-3)11-9-17/h8-11,16,18,20-21H,5-7,12-15H2,1-4H3/t16-,18+,20+,21-/m0/s1. The number of amides is 1. The molecule has 5 nitrogen and oxygen atoms in total. The van der Waals surface area contributed by atoms with E-state index >= 15 is 0 Å². The number of ether oxygens (including phenoxy) is 2. The molecule has 0 aliphatic carbocycles. The summed E-state index contributed by atoms with van der Waals surface area (Å²) in [4.78, 5) is 17.8. The molecular weight excluding hydrogens is 352 g/mol. The fraction of sp³-hybridized carbons (Fsp3) is 0.696. The van der Waals surface area contributed by atoms with E-state index in [1.807, 2.05) is 13.8 Å². The third-order valence-corrected chi connectivity index (χ3v) is 7.20. The van der Waals surface area contributed by atoms with Gasteiger partial charge in [0, 0.05) is 38.8 Å². The van der Waals surface area contributed by atoms with E-state index < -0.39 is 5.60 Å². The monoisotopic (exact) mass is 386 g/mol. The van der Waals surface area contributed by atoms with Crippen LogP contribution >= 0.6 is 0 Å². The Bertz CT molecular complexity index is 702. The van der Waals surface area contributed by atoms with Crippen LogP contribution in [0.15, 0.2) is 24.3 Å². The summed E-state index contributed by atoms with van der Waals surface area (Å²) in [6, 6.07) is 9.69. The topological polar surface area (TPSA) is 42.0 Å². The maximum Gasteiger partial charge on any atom is 0.254 e. The second kappa shape index (κ2) is 7.68. The van der Waals surface area contributed by atoms with Crippen molar-refractivity contribution in [2.45, 2.75) is 57.2 Å². The third kappa shape index (κ3) is 3.55. The van der Waals surface area contributed by atoms with Crippen molar-refractivity contribution in [3.63, 3.8) is 0 Å². The Labute approximate surface area is 169 Å². The molecule has 0 N–H and O–H groups in total. The molecule has 0 unspecified atom stereocenters. The number of carbonyl (C=O) groups excluding carboxylic acids is 1. The van der Waals surface area contributed by atoms with Gasteiger partial charge < -0.3 is 14.4 Å². The van der Waals surface area contributed by atoms with Crippen LogP contribution in [0.5, 0.6) is 5.75 Å². The van der Waals surface area contributed by atoms with Gasteiger partial charge in [-0.1, -0.05) is 12.1 Å². The Morgan fingerprint density at radius 1 is 1.07 bits per heavy atom. The van der Waals surface area contributed by atoms with Crippen LogP contribution in [0.1, 0.15) is 51.1 Å². The average molecular weight is 387 g/mol. The summed E-state index contributed by atoms with van der Waals surface area (Å²) in [6.07, 6.45) is 4.99. The van der Waals surface area contributed by atoms with Gasteiger partial charge in [-0.15, -0.1) is 0 Å². The smallest absolute Gasteiger partial charge is 0.254 e. The van der Waals surface area contributed by atoms with Crippen molar-refractivity contribution < 1.29 is 14.3 Å². The predicted molar refractivity (Wildman–Crippen MR) is 109 cm³/mol. The number of hydrogen-bond acceptors (Lipinski definition) is 4. The fourth-order valence-electron chi connectivity index (χ4n) is 5.63. The molecule has 3 fully saturated rings. The molecule has 1 aromatic carbocycles. The summed E-state index contributed by atoms with van der Waals surface area (Å²) >= 11 is 0. The molecule has 3 aliphatic rings. The van der Waals surface area contributed by atoms with E-state index in [4.69, 9.17) is 9.47 Å². The van der Waals surface area contributed by atoms with Crippen molar-refractivity contribution in [1.82, 2.24) is 9.80 Å². The van der Waals surface area contributed by atoms with Gasteiger partial charge in [-0.2, -0.15) is 0 Å². The number of likely N-dealkylation sites (tertiary alicyclic amines) is 1. The van der Waals surface area contributed by atoms with Gasteiger partial charge in [0.15, 0.2) is 0 Å². The van der Waals surface area contributed by atoms with Crippen molar-refractivity contribution in [2.24, 2.45) is 11.8 Å². The van der Waals surface area contributed by atoms with Crippen molar-refractivity contribution >= 4 is 5.91 Å². The van der Waals surface area contributed by atoms with E-state index in [0.717, 1.165) is 25.4 Å². The first kappa shape index (κ1) is 19.7. The summed E-state index contributed by atoms with van der Waals surface area (Å²) in [5.74, 6) is 2.19. The molecule has 0 saturated carbocycles. The van der Waals surface area contributed by atoms with Gasteiger partial charge in [-0.05, 0) is 69.1 Å². The van der Waals surface area contributed by atoms with Crippen LogP contribution in [0.2, 0.25) is 0 Å². The first-order valence-corrected chi connectivity index (χ1v) is 10.7. The van der Waals surface area contributed by atoms with Crippen molar-refractivity contribution in [3.05, 3.63) is 29.8 Å². The molecule has 1 aromatic rings. The minimum absolute atomic E-state index is 0.140. The van der Waals surface area contributed by atoms with Crippen LogP contribution in [-0.2, 0) is 9.53 Å². The van der Waals surface area contributed by atoms with E-state index in [9.17, 15) is 4.79 Å². The summed E-state index contributed by atoms with van der Waals surface area (Å²) < 4.78 is 10.8. The molecule has 2 bridgehead atoms. The molecule has 3 saturated heterocycles. The highest BCUT2D eigenvalue weighted by atomic mass is 16.5. The lowest BCUT2D eigenvalue weighted by molar-refractivity contribution is -0.158. The number of rotatable bonds is 4. The second-order valence-electron chi connectivity index (χ2n) is 9.27. The van der Waals surface area contributed by atoms with Crippen LogP contribution in [0, 0.1) is 11.8 Å². The molecule has 4 rings (SSSR count). The van der Waals surface area contributed by atoms with Crippen LogP contribution in [0.4, 0.5) is 0 Å². The van der Waals surface area contributed by atoms with Crippen molar-refractivity contribution in [3.8, 4) is 5.75 Å². The van der Waals surface area contributed by atoms with Crippen LogP contribution < -0.4 is 4.74 Å². The maximum absolute atomic E-state index is 13.0. The van der Waals surface area contributed by atoms with Gasteiger partial charge in [0.25, 0.3) is 5.91 Å². The lowest BCUT2D eigenvalue weighted by Gasteiger charge is -2.55. The lowest BCUT2D eigenvalue weighted by atomic mass is 9.73. The number of fused-ring (bicyclic) bond motifs is 4.